The minimum Gasteiger partial charge on any atom is -0.360 e. The summed E-state index contributed by atoms with van der Waals surface area (Å²) >= 11 is 7.56. The molecule has 0 unspecified atom stereocenters. The van der Waals surface area contributed by atoms with E-state index in [-0.39, 0.29) is 5.91 Å². The van der Waals surface area contributed by atoms with Crippen LogP contribution in [0.3, 0.4) is 0 Å². The fourth-order valence-electron chi connectivity index (χ4n) is 4.09. The average Bonchev–Trinajstić information content (AvgIpc) is 3.42. The number of amides is 1. The second kappa shape index (κ2) is 9.00. The number of likely N-dealkylation sites (tertiary alicyclic amines) is 1. The number of aromatic nitrogens is 4. The number of hydrogen-bond acceptors (Lipinski definition) is 4. The quantitative estimate of drug-likeness (QED) is 0.399. The third-order valence-electron chi connectivity index (χ3n) is 6.01. The van der Waals surface area contributed by atoms with Crippen molar-refractivity contribution in [3.63, 3.8) is 0 Å². The lowest BCUT2D eigenvalue weighted by Crippen LogP contribution is -2.38. The molecule has 32 heavy (non-hydrogen) atoms. The first kappa shape index (κ1) is 21.1. The van der Waals surface area contributed by atoms with Gasteiger partial charge in [-0.2, -0.15) is 0 Å². The third kappa shape index (κ3) is 4.14. The summed E-state index contributed by atoms with van der Waals surface area (Å²) < 4.78 is 2.00. The van der Waals surface area contributed by atoms with Gasteiger partial charge in [0.1, 0.15) is 0 Å². The van der Waals surface area contributed by atoms with E-state index in [4.69, 9.17) is 11.6 Å². The van der Waals surface area contributed by atoms with Crippen molar-refractivity contribution >= 4 is 40.2 Å². The molecule has 164 valence electrons. The summed E-state index contributed by atoms with van der Waals surface area (Å²) in [4.78, 5) is 18.1. The second-order valence-electron chi connectivity index (χ2n) is 8.22. The van der Waals surface area contributed by atoms with Crippen LogP contribution in [-0.2, 0) is 4.79 Å². The maximum atomic E-state index is 12.8. The smallest absolute Gasteiger partial charge is 0.233 e. The van der Waals surface area contributed by atoms with Gasteiger partial charge in [0.05, 0.1) is 5.75 Å². The molecule has 4 aromatic rings. The molecule has 6 nitrogen and oxygen atoms in total. The lowest BCUT2D eigenvalue weighted by atomic mass is 9.99. The normalized spacial score (nSPS) is 14.9. The van der Waals surface area contributed by atoms with Crippen LogP contribution >= 0.6 is 23.4 Å². The zero-order chi connectivity index (χ0) is 22.1. The van der Waals surface area contributed by atoms with E-state index in [1.165, 1.54) is 11.8 Å². The molecule has 0 atom stereocenters. The molecule has 1 aliphatic rings. The number of carbonyl (C=O) groups is 1. The van der Waals surface area contributed by atoms with Crippen molar-refractivity contribution in [1.29, 1.82) is 0 Å². The van der Waals surface area contributed by atoms with Crippen molar-refractivity contribution in [2.24, 2.45) is 5.92 Å². The molecule has 1 amide bonds. The Kier molecular flexibility index (Phi) is 5.93. The molecule has 0 bridgehead atoms. The molecule has 2 aromatic heterocycles. The van der Waals surface area contributed by atoms with Crippen molar-refractivity contribution in [3.8, 4) is 17.1 Å². The predicted octanol–water partition coefficient (Wildman–Crippen LogP) is 5.42. The summed E-state index contributed by atoms with van der Waals surface area (Å²) in [5.41, 5.74) is 2.91. The van der Waals surface area contributed by atoms with Gasteiger partial charge in [-0.05, 0) is 49.1 Å². The van der Waals surface area contributed by atoms with Gasteiger partial charge in [0.2, 0.25) is 5.91 Å². The van der Waals surface area contributed by atoms with Crippen molar-refractivity contribution < 1.29 is 4.79 Å². The van der Waals surface area contributed by atoms with E-state index in [1.807, 2.05) is 58.1 Å². The maximum Gasteiger partial charge on any atom is 0.233 e. The molecular formula is C24H24ClN5OS. The van der Waals surface area contributed by atoms with E-state index in [9.17, 15) is 4.79 Å². The number of para-hydroxylation sites is 1. The summed E-state index contributed by atoms with van der Waals surface area (Å²) in [6.45, 7) is 3.92. The van der Waals surface area contributed by atoms with Crippen LogP contribution in [0, 0.1) is 5.92 Å². The van der Waals surface area contributed by atoms with E-state index < -0.39 is 0 Å². The molecule has 0 aliphatic carbocycles. The van der Waals surface area contributed by atoms with E-state index >= 15 is 0 Å². The minimum atomic E-state index is 0.154. The number of hydrogen-bond donors (Lipinski definition) is 1. The van der Waals surface area contributed by atoms with Crippen LogP contribution < -0.4 is 0 Å². The zero-order valence-corrected chi connectivity index (χ0v) is 19.4. The van der Waals surface area contributed by atoms with E-state index in [0.717, 1.165) is 53.9 Å². The van der Waals surface area contributed by atoms with Gasteiger partial charge in [-0.3, -0.25) is 9.36 Å². The first-order valence-electron chi connectivity index (χ1n) is 10.8. The van der Waals surface area contributed by atoms with Crippen LogP contribution in [-0.4, -0.2) is 49.4 Å². The van der Waals surface area contributed by atoms with E-state index in [2.05, 4.69) is 28.2 Å². The lowest BCUT2D eigenvalue weighted by Gasteiger charge is -2.30. The SMILES string of the molecule is CC1CCN(C(=O)CSc2nnc(-c3c[nH]c4ccccc34)n2-c2ccc(Cl)cc2)CC1. The van der Waals surface area contributed by atoms with Crippen molar-refractivity contribution in [2.75, 3.05) is 18.8 Å². The summed E-state index contributed by atoms with van der Waals surface area (Å²) in [7, 11) is 0. The highest BCUT2D eigenvalue weighted by Gasteiger charge is 2.23. The number of nitrogens with one attached hydrogen (secondary N) is 1. The number of H-pyrrole nitrogens is 1. The molecule has 0 spiro atoms. The monoisotopic (exact) mass is 465 g/mol. The number of fused-ring (bicyclic) bond motifs is 1. The van der Waals surface area contributed by atoms with Crippen LogP contribution in [0.2, 0.25) is 5.02 Å². The molecule has 2 aromatic carbocycles. The van der Waals surface area contributed by atoms with Gasteiger partial charge in [0.25, 0.3) is 0 Å². The molecule has 5 rings (SSSR count). The Labute approximate surface area is 196 Å². The Hall–Kier alpha value is -2.77. The van der Waals surface area contributed by atoms with E-state index in [1.54, 1.807) is 0 Å². The molecule has 8 heteroatoms. The number of nitrogens with zero attached hydrogens (tertiary/aromatic N) is 4. The third-order valence-corrected chi connectivity index (χ3v) is 7.18. The second-order valence-corrected chi connectivity index (χ2v) is 9.60. The van der Waals surface area contributed by atoms with E-state index in [0.29, 0.717) is 21.8 Å². The van der Waals surface area contributed by atoms with Crippen LogP contribution in [0.25, 0.3) is 28.0 Å². The minimum absolute atomic E-state index is 0.154. The predicted molar refractivity (Wildman–Crippen MR) is 129 cm³/mol. The number of rotatable bonds is 5. The lowest BCUT2D eigenvalue weighted by molar-refractivity contribution is -0.129. The zero-order valence-electron chi connectivity index (χ0n) is 17.8. The Morgan fingerprint density at radius 2 is 1.88 bits per heavy atom. The number of carbonyl (C=O) groups excluding carboxylic acids is 1. The molecule has 1 saturated heterocycles. The van der Waals surface area contributed by atoms with Crippen LogP contribution in [0.15, 0.2) is 59.9 Å². The topological polar surface area (TPSA) is 66.8 Å². The van der Waals surface area contributed by atoms with Gasteiger partial charge in [-0.15, -0.1) is 10.2 Å². The Balaban J connectivity index is 1.48. The van der Waals surface area contributed by atoms with Crippen LogP contribution in [0.5, 0.6) is 0 Å². The number of thioether (sulfide) groups is 1. The van der Waals surface area contributed by atoms with Crippen molar-refractivity contribution in [2.45, 2.75) is 24.9 Å². The Morgan fingerprint density at radius 1 is 1.12 bits per heavy atom. The van der Waals surface area contributed by atoms with Gasteiger partial charge < -0.3 is 9.88 Å². The van der Waals surface area contributed by atoms with Gasteiger partial charge in [0.15, 0.2) is 11.0 Å². The van der Waals surface area contributed by atoms with Gasteiger partial charge in [0, 0.05) is 46.5 Å². The largest absolute Gasteiger partial charge is 0.360 e. The van der Waals surface area contributed by atoms with Crippen LogP contribution in [0.4, 0.5) is 0 Å². The highest BCUT2D eigenvalue weighted by Crippen LogP contribution is 2.33. The fraction of sp³-hybridized carbons (Fsp3) is 0.292. The number of piperidine rings is 1. The highest BCUT2D eigenvalue weighted by molar-refractivity contribution is 7.99. The van der Waals surface area contributed by atoms with Gasteiger partial charge in [-0.25, -0.2) is 0 Å². The summed E-state index contributed by atoms with van der Waals surface area (Å²) in [5.74, 6) is 1.92. The summed E-state index contributed by atoms with van der Waals surface area (Å²) in [5, 5.41) is 11.4. The molecule has 1 N–H and O–H groups in total. The number of benzene rings is 2. The fourth-order valence-corrected chi connectivity index (χ4v) is 5.07. The number of aromatic amines is 1. The molecule has 0 radical (unpaired) electrons. The van der Waals surface area contributed by atoms with Crippen LogP contribution in [0.1, 0.15) is 19.8 Å². The molecule has 0 saturated carbocycles. The summed E-state index contributed by atoms with van der Waals surface area (Å²) in [6.07, 6.45) is 4.10. The molecule has 3 heterocycles. The van der Waals surface area contributed by atoms with Gasteiger partial charge in [-0.1, -0.05) is 48.5 Å². The first-order chi connectivity index (χ1) is 15.6. The molecule has 1 aliphatic heterocycles. The van der Waals surface area contributed by atoms with Crippen molar-refractivity contribution in [3.05, 3.63) is 59.8 Å². The maximum absolute atomic E-state index is 12.8. The number of halogens is 1. The van der Waals surface area contributed by atoms with Crippen molar-refractivity contribution in [1.82, 2.24) is 24.6 Å². The van der Waals surface area contributed by atoms with Gasteiger partial charge >= 0.3 is 0 Å². The Morgan fingerprint density at radius 3 is 2.66 bits per heavy atom. The summed E-state index contributed by atoms with van der Waals surface area (Å²) in [6, 6.07) is 15.7. The Bertz CT molecular complexity index is 1240. The first-order valence-corrected chi connectivity index (χ1v) is 12.1. The molecule has 1 fully saturated rings. The standard InChI is InChI=1S/C24H24ClN5OS/c1-16-10-12-29(13-11-16)22(31)15-32-24-28-27-23(30(24)18-8-6-17(25)7-9-18)20-14-26-21-5-3-2-4-19(20)21/h2-9,14,16,26H,10-13,15H2,1H3. The average molecular weight is 466 g/mol. The molecular weight excluding hydrogens is 442 g/mol. The highest BCUT2D eigenvalue weighted by atomic mass is 35.5.